The zero-order valence-corrected chi connectivity index (χ0v) is 16.2. The molecule has 8 heteroatoms. The first-order valence-corrected chi connectivity index (χ1v) is 10.4. The highest BCUT2D eigenvalue weighted by Crippen LogP contribution is 2.20. The zero-order valence-electron chi connectivity index (χ0n) is 15.4. The summed E-state index contributed by atoms with van der Waals surface area (Å²) in [4.78, 5) is 26.3. The fourth-order valence-corrected chi connectivity index (χ4v) is 4.75. The summed E-state index contributed by atoms with van der Waals surface area (Å²) in [5.41, 5.74) is 7.18. The number of sulfone groups is 1. The Morgan fingerprint density at radius 1 is 1.35 bits per heavy atom. The standard InChI is InChI=1S/C18H26N2O5S/c1-12(2)9-20(14-7-8-26(23,24)11-14)16(21)10-25-18(22)15-6-4-5-13(3)17(15)19/h4-6,12,14H,7-11,19H2,1-3H3/t14-/m1/s1. The Balaban J connectivity index is 2.05. The predicted octanol–water partition coefficient (Wildman–Crippen LogP) is 1.41. The number of benzene rings is 1. The van der Waals surface area contributed by atoms with Crippen molar-refractivity contribution in [1.82, 2.24) is 4.90 Å². The third-order valence-electron chi connectivity index (χ3n) is 4.40. The topological polar surface area (TPSA) is 107 Å². The molecule has 0 radical (unpaired) electrons. The van der Waals surface area contributed by atoms with Crippen LogP contribution >= 0.6 is 0 Å². The Labute approximate surface area is 154 Å². The summed E-state index contributed by atoms with van der Waals surface area (Å²) in [6, 6.07) is 4.66. The van der Waals surface area contributed by atoms with Crippen molar-refractivity contribution in [2.24, 2.45) is 5.92 Å². The molecule has 1 heterocycles. The van der Waals surface area contributed by atoms with Gasteiger partial charge in [-0.15, -0.1) is 0 Å². The van der Waals surface area contributed by atoms with Crippen LogP contribution in [0.1, 0.15) is 36.2 Å². The van der Waals surface area contributed by atoms with Crippen molar-refractivity contribution in [2.75, 3.05) is 30.4 Å². The van der Waals surface area contributed by atoms with E-state index in [1.54, 1.807) is 25.1 Å². The van der Waals surface area contributed by atoms with Gasteiger partial charge < -0.3 is 15.4 Å². The molecule has 1 amide bonds. The van der Waals surface area contributed by atoms with Gasteiger partial charge in [-0.1, -0.05) is 26.0 Å². The molecule has 7 nitrogen and oxygen atoms in total. The molecule has 0 unspecified atom stereocenters. The number of rotatable bonds is 6. The molecule has 26 heavy (non-hydrogen) atoms. The number of esters is 1. The highest BCUT2D eigenvalue weighted by molar-refractivity contribution is 7.91. The first kappa shape index (κ1) is 20.2. The van der Waals surface area contributed by atoms with Gasteiger partial charge in [0.25, 0.3) is 5.91 Å². The van der Waals surface area contributed by atoms with E-state index in [9.17, 15) is 18.0 Å². The predicted molar refractivity (Wildman–Crippen MR) is 99.5 cm³/mol. The quantitative estimate of drug-likeness (QED) is 0.589. The molecule has 1 fully saturated rings. The second kappa shape index (κ2) is 8.07. The number of hydrogen-bond acceptors (Lipinski definition) is 6. The molecule has 144 valence electrons. The van der Waals surface area contributed by atoms with Crippen LogP contribution in [0.2, 0.25) is 0 Å². The van der Waals surface area contributed by atoms with E-state index in [1.807, 2.05) is 13.8 Å². The fraction of sp³-hybridized carbons (Fsp3) is 0.556. The summed E-state index contributed by atoms with van der Waals surface area (Å²) in [6.07, 6.45) is 0.416. The highest BCUT2D eigenvalue weighted by atomic mass is 32.2. The van der Waals surface area contributed by atoms with Crippen molar-refractivity contribution in [1.29, 1.82) is 0 Å². The smallest absolute Gasteiger partial charge is 0.340 e. The lowest BCUT2D eigenvalue weighted by molar-refractivity contribution is -0.137. The summed E-state index contributed by atoms with van der Waals surface area (Å²) in [6.45, 7) is 5.66. The lowest BCUT2D eigenvalue weighted by atomic mass is 10.1. The maximum atomic E-state index is 12.6. The van der Waals surface area contributed by atoms with Crippen LogP contribution in [0.5, 0.6) is 0 Å². The number of carbonyl (C=O) groups excluding carboxylic acids is 2. The first-order chi connectivity index (χ1) is 12.1. The van der Waals surface area contributed by atoms with E-state index in [0.29, 0.717) is 18.7 Å². The van der Waals surface area contributed by atoms with Crippen molar-refractivity contribution in [3.63, 3.8) is 0 Å². The van der Waals surface area contributed by atoms with E-state index < -0.39 is 22.4 Å². The van der Waals surface area contributed by atoms with Gasteiger partial charge in [0.1, 0.15) is 0 Å². The number of aryl methyl sites for hydroxylation is 1. The van der Waals surface area contributed by atoms with Gasteiger partial charge in [-0.2, -0.15) is 0 Å². The van der Waals surface area contributed by atoms with Crippen LogP contribution in [0.4, 0.5) is 5.69 Å². The largest absolute Gasteiger partial charge is 0.452 e. The summed E-state index contributed by atoms with van der Waals surface area (Å²) in [5.74, 6) is -0.836. The number of para-hydroxylation sites is 1. The van der Waals surface area contributed by atoms with Crippen molar-refractivity contribution in [3.8, 4) is 0 Å². The van der Waals surface area contributed by atoms with Gasteiger partial charge in [0.2, 0.25) is 0 Å². The molecule has 1 aliphatic heterocycles. The number of carbonyl (C=O) groups is 2. The molecule has 0 bridgehead atoms. The molecular formula is C18H26N2O5S. The molecule has 1 aromatic carbocycles. The van der Waals surface area contributed by atoms with Crippen LogP contribution in [0.15, 0.2) is 18.2 Å². The molecule has 0 aliphatic carbocycles. The van der Waals surface area contributed by atoms with E-state index in [2.05, 4.69) is 0 Å². The summed E-state index contributed by atoms with van der Waals surface area (Å²) in [5, 5.41) is 0. The fourth-order valence-electron chi connectivity index (χ4n) is 3.02. The van der Waals surface area contributed by atoms with Crippen molar-refractivity contribution in [2.45, 2.75) is 33.2 Å². The van der Waals surface area contributed by atoms with Crippen LogP contribution in [0, 0.1) is 12.8 Å². The highest BCUT2D eigenvalue weighted by Gasteiger charge is 2.35. The van der Waals surface area contributed by atoms with E-state index in [1.165, 1.54) is 4.90 Å². The molecule has 1 saturated heterocycles. The molecule has 2 N–H and O–H groups in total. The lowest BCUT2D eigenvalue weighted by Crippen LogP contribution is -2.45. The second-order valence-corrected chi connectivity index (χ2v) is 9.34. The Morgan fingerprint density at radius 2 is 2.04 bits per heavy atom. The van der Waals surface area contributed by atoms with Crippen LogP contribution < -0.4 is 5.73 Å². The van der Waals surface area contributed by atoms with Crippen molar-refractivity contribution < 1.29 is 22.7 Å². The van der Waals surface area contributed by atoms with Gasteiger partial charge in [-0.25, -0.2) is 13.2 Å². The molecule has 0 spiro atoms. The Bertz CT molecular complexity index is 789. The minimum Gasteiger partial charge on any atom is -0.452 e. The third-order valence-corrected chi connectivity index (χ3v) is 6.15. The molecule has 2 rings (SSSR count). The van der Waals surface area contributed by atoms with Crippen molar-refractivity contribution in [3.05, 3.63) is 29.3 Å². The second-order valence-electron chi connectivity index (χ2n) is 7.11. The normalized spacial score (nSPS) is 18.7. The van der Waals surface area contributed by atoms with Crippen LogP contribution in [-0.4, -0.2) is 55.9 Å². The number of ether oxygens (including phenoxy) is 1. The summed E-state index contributed by atoms with van der Waals surface area (Å²) < 4.78 is 28.6. The van der Waals surface area contributed by atoms with Gasteiger partial charge in [0.15, 0.2) is 16.4 Å². The van der Waals surface area contributed by atoms with Gasteiger partial charge >= 0.3 is 5.97 Å². The van der Waals surface area contributed by atoms with Crippen LogP contribution in [0.3, 0.4) is 0 Å². The zero-order chi connectivity index (χ0) is 19.5. The summed E-state index contributed by atoms with van der Waals surface area (Å²) >= 11 is 0. The van der Waals surface area contributed by atoms with Gasteiger partial charge in [0.05, 0.1) is 17.1 Å². The number of nitrogens with two attached hydrogens (primary N) is 1. The molecular weight excluding hydrogens is 356 g/mol. The minimum atomic E-state index is -3.11. The molecule has 1 aliphatic rings. The van der Waals surface area contributed by atoms with Crippen LogP contribution in [0.25, 0.3) is 0 Å². The number of nitrogen functional groups attached to an aromatic ring is 1. The summed E-state index contributed by atoms with van der Waals surface area (Å²) in [7, 11) is -3.11. The van der Waals surface area contributed by atoms with E-state index in [-0.39, 0.29) is 34.9 Å². The number of hydrogen-bond donors (Lipinski definition) is 1. The maximum absolute atomic E-state index is 12.6. The minimum absolute atomic E-state index is 0.0375. The Morgan fingerprint density at radius 3 is 2.62 bits per heavy atom. The number of anilines is 1. The average molecular weight is 382 g/mol. The third kappa shape index (κ3) is 4.97. The monoisotopic (exact) mass is 382 g/mol. The first-order valence-electron chi connectivity index (χ1n) is 8.63. The van der Waals surface area contributed by atoms with E-state index in [0.717, 1.165) is 5.56 Å². The molecule has 1 aromatic rings. The Kier molecular flexibility index (Phi) is 6.28. The van der Waals surface area contributed by atoms with Crippen molar-refractivity contribution >= 4 is 27.4 Å². The van der Waals surface area contributed by atoms with Gasteiger partial charge in [-0.05, 0) is 30.9 Å². The molecule has 0 saturated carbocycles. The lowest BCUT2D eigenvalue weighted by Gasteiger charge is -2.29. The van der Waals surface area contributed by atoms with Gasteiger partial charge in [0, 0.05) is 18.3 Å². The molecule has 1 atom stereocenters. The Hall–Kier alpha value is -2.09. The molecule has 0 aromatic heterocycles. The van der Waals surface area contributed by atoms with E-state index >= 15 is 0 Å². The van der Waals surface area contributed by atoms with E-state index in [4.69, 9.17) is 10.5 Å². The van der Waals surface area contributed by atoms with Gasteiger partial charge in [-0.3, -0.25) is 4.79 Å². The maximum Gasteiger partial charge on any atom is 0.340 e. The van der Waals surface area contributed by atoms with Crippen LogP contribution in [-0.2, 0) is 19.4 Å². The number of nitrogens with zero attached hydrogens (tertiary/aromatic N) is 1. The average Bonchev–Trinajstić information content (AvgIpc) is 2.92. The number of amides is 1. The SMILES string of the molecule is Cc1cccc(C(=O)OCC(=O)N(CC(C)C)[C@@H]2CCS(=O)(=O)C2)c1N.